The summed E-state index contributed by atoms with van der Waals surface area (Å²) in [6, 6.07) is 7.35. The van der Waals surface area contributed by atoms with Crippen LogP contribution in [0.25, 0.3) is 0 Å². The highest BCUT2D eigenvalue weighted by Crippen LogP contribution is 2.28. The fourth-order valence-corrected chi connectivity index (χ4v) is 2.47. The molecule has 1 atom stereocenters. The van der Waals surface area contributed by atoms with Crippen molar-refractivity contribution >= 4 is 5.91 Å². The molecule has 0 radical (unpaired) electrons. The van der Waals surface area contributed by atoms with Crippen LogP contribution in [0.4, 0.5) is 22.0 Å². The van der Waals surface area contributed by atoms with E-state index < -0.39 is 43.0 Å². The predicted molar refractivity (Wildman–Crippen MR) is 94.0 cm³/mol. The molecule has 2 N–H and O–H groups in total. The number of aromatic amines is 1. The number of aromatic nitrogens is 4. The molecule has 3 rings (SSSR count). The number of tetrazole rings is 1. The van der Waals surface area contributed by atoms with Crippen LogP contribution in [0.1, 0.15) is 17.4 Å². The van der Waals surface area contributed by atoms with Gasteiger partial charge in [0.25, 0.3) is 5.91 Å². The first kappa shape index (κ1) is 21.9. The fraction of sp³-hybridized carbons (Fsp3) is 0.222. The number of rotatable bonds is 8. The third-order valence-corrected chi connectivity index (χ3v) is 3.80. The SMILES string of the molecule is O=C(COc1ccccc1OCC(F)(F)F)NC(c1ccc(F)c(F)c1)c1nn[nH]n1. The zero-order valence-electron chi connectivity index (χ0n) is 15.5. The Bertz CT molecular complexity index is 1030. The fourth-order valence-electron chi connectivity index (χ4n) is 2.47. The molecule has 0 bridgehead atoms. The van der Waals surface area contributed by atoms with Crippen molar-refractivity contribution in [3.05, 3.63) is 65.5 Å². The van der Waals surface area contributed by atoms with Crippen LogP contribution in [0.2, 0.25) is 0 Å². The van der Waals surface area contributed by atoms with Crippen LogP contribution in [0.5, 0.6) is 11.5 Å². The summed E-state index contributed by atoms with van der Waals surface area (Å²) in [4.78, 5) is 12.4. The number of benzene rings is 2. The van der Waals surface area contributed by atoms with Gasteiger partial charge in [0.15, 0.2) is 36.3 Å². The van der Waals surface area contributed by atoms with Gasteiger partial charge in [-0.25, -0.2) is 8.78 Å². The van der Waals surface area contributed by atoms with E-state index >= 15 is 0 Å². The van der Waals surface area contributed by atoms with E-state index in [0.717, 1.165) is 12.1 Å². The summed E-state index contributed by atoms with van der Waals surface area (Å²) in [5.41, 5.74) is 0.127. The number of ether oxygens (including phenoxy) is 2. The molecule has 1 unspecified atom stereocenters. The van der Waals surface area contributed by atoms with Gasteiger partial charge in [0.2, 0.25) is 5.82 Å². The molecule has 31 heavy (non-hydrogen) atoms. The van der Waals surface area contributed by atoms with Crippen LogP contribution in [0.15, 0.2) is 42.5 Å². The number of alkyl halides is 3. The van der Waals surface area contributed by atoms with Crippen LogP contribution in [0.3, 0.4) is 0 Å². The molecule has 0 aliphatic carbocycles. The minimum Gasteiger partial charge on any atom is -0.480 e. The number of halogens is 5. The lowest BCUT2D eigenvalue weighted by Crippen LogP contribution is -2.34. The molecule has 0 saturated heterocycles. The summed E-state index contributed by atoms with van der Waals surface area (Å²) in [5, 5.41) is 15.5. The molecule has 2 aromatic carbocycles. The highest BCUT2D eigenvalue weighted by atomic mass is 19.4. The van der Waals surface area contributed by atoms with Gasteiger partial charge in [0.1, 0.15) is 6.04 Å². The van der Waals surface area contributed by atoms with E-state index in [1.807, 2.05) is 0 Å². The normalized spacial score (nSPS) is 12.3. The van der Waals surface area contributed by atoms with Gasteiger partial charge in [-0.05, 0) is 29.8 Å². The Hall–Kier alpha value is -3.77. The molecule has 164 valence electrons. The van der Waals surface area contributed by atoms with Crippen molar-refractivity contribution in [2.24, 2.45) is 0 Å². The van der Waals surface area contributed by atoms with Crippen LogP contribution >= 0.6 is 0 Å². The maximum Gasteiger partial charge on any atom is 0.422 e. The molecule has 13 heteroatoms. The Kier molecular flexibility index (Phi) is 6.62. The lowest BCUT2D eigenvalue weighted by Gasteiger charge is -2.17. The number of amides is 1. The van der Waals surface area contributed by atoms with E-state index in [2.05, 4.69) is 30.7 Å². The second-order valence-electron chi connectivity index (χ2n) is 6.08. The number of hydrogen-bond donors (Lipinski definition) is 2. The minimum atomic E-state index is -4.55. The van der Waals surface area contributed by atoms with Crippen molar-refractivity contribution < 1.29 is 36.2 Å². The molecule has 0 saturated carbocycles. The van der Waals surface area contributed by atoms with Gasteiger partial charge >= 0.3 is 6.18 Å². The quantitative estimate of drug-likeness (QED) is 0.519. The van der Waals surface area contributed by atoms with Crippen molar-refractivity contribution in [3.8, 4) is 11.5 Å². The largest absolute Gasteiger partial charge is 0.480 e. The summed E-state index contributed by atoms with van der Waals surface area (Å²) in [5.74, 6) is -3.31. The van der Waals surface area contributed by atoms with Crippen LogP contribution < -0.4 is 14.8 Å². The Balaban J connectivity index is 1.69. The lowest BCUT2D eigenvalue weighted by atomic mass is 10.1. The Morgan fingerprint density at radius 2 is 1.77 bits per heavy atom. The van der Waals surface area contributed by atoms with Crippen LogP contribution in [0, 0.1) is 11.6 Å². The van der Waals surface area contributed by atoms with Gasteiger partial charge in [0, 0.05) is 0 Å². The zero-order valence-corrected chi connectivity index (χ0v) is 15.5. The van der Waals surface area contributed by atoms with E-state index in [1.165, 1.54) is 30.3 Å². The van der Waals surface area contributed by atoms with Gasteiger partial charge < -0.3 is 14.8 Å². The molecule has 8 nitrogen and oxygen atoms in total. The van der Waals surface area contributed by atoms with Gasteiger partial charge in [-0.2, -0.15) is 18.4 Å². The number of carbonyl (C=O) groups is 1. The first-order chi connectivity index (χ1) is 14.7. The molecule has 1 aromatic heterocycles. The highest BCUT2D eigenvalue weighted by molar-refractivity contribution is 5.78. The third kappa shape index (κ3) is 6.10. The summed E-state index contributed by atoms with van der Waals surface area (Å²) in [7, 11) is 0. The molecule has 0 fully saturated rings. The topological polar surface area (TPSA) is 102 Å². The average molecular weight is 443 g/mol. The molecule has 1 amide bonds. The van der Waals surface area contributed by atoms with Crippen molar-refractivity contribution in [1.82, 2.24) is 25.9 Å². The summed E-state index contributed by atoms with van der Waals surface area (Å²) in [6.07, 6.45) is -4.55. The predicted octanol–water partition coefficient (Wildman–Crippen LogP) is 2.70. The summed E-state index contributed by atoms with van der Waals surface area (Å²) in [6.45, 7) is -2.15. The van der Waals surface area contributed by atoms with E-state index in [-0.39, 0.29) is 22.9 Å². The van der Waals surface area contributed by atoms with Crippen molar-refractivity contribution in [2.45, 2.75) is 12.2 Å². The summed E-state index contributed by atoms with van der Waals surface area (Å²) < 4.78 is 73.9. The van der Waals surface area contributed by atoms with Crippen molar-refractivity contribution in [2.75, 3.05) is 13.2 Å². The number of carbonyl (C=O) groups excluding carboxylic acids is 1. The molecule has 0 spiro atoms. The van der Waals surface area contributed by atoms with E-state index in [1.54, 1.807) is 0 Å². The van der Waals surface area contributed by atoms with Crippen LogP contribution in [-0.2, 0) is 4.79 Å². The zero-order chi connectivity index (χ0) is 22.4. The standard InChI is InChI=1S/C18H14F5N5O3/c19-11-6-5-10(7-12(11)20)16(17-25-27-28-26-17)24-15(29)8-30-13-3-1-2-4-14(13)31-9-18(21,22)23/h1-7,16H,8-9H2,(H,24,29)(H,25,26,27,28). The van der Waals surface area contributed by atoms with Crippen molar-refractivity contribution in [1.29, 1.82) is 0 Å². The number of para-hydroxylation sites is 2. The molecule has 3 aromatic rings. The Morgan fingerprint density at radius 1 is 1.06 bits per heavy atom. The molecule has 1 heterocycles. The number of nitrogens with zero attached hydrogens (tertiary/aromatic N) is 3. The second-order valence-corrected chi connectivity index (χ2v) is 6.08. The van der Waals surface area contributed by atoms with Gasteiger partial charge in [-0.15, -0.1) is 10.2 Å². The van der Waals surface area contributed by atoms with E-state index in [9.17, 15) is 26.7 Å². The van der Waals surface area contributed by atoms with E-state index in [4.69, 9.17) is 4.74 Å². The van der Waals surface area contributed by atoms with Gasteiger partial charge in [0.05, 0.1) is 0 Å². The monoisotopic (exact) mass is 443 g/mol. The first-order valence-corrected chi connectivity index (χ1v) is 8.62. The molecule has 0 aliphatic heterocycles. The summed E-state index contributed by atoms with van der Waals surface area (Å²) >= 11 is 0. The van der Waals surface area contributed by atoms with Crippen LogP contribution in [-0.4, -0.2) is 45.9 Å². The number of H-pyrrole nitrogens is 1. The number of hydrogen-bond acceptors (Lipinski definition) is 6. The molecule has 0 aliphatic rings. The van der Waals surface area contributed by atoms with Gasteiger partial charge in [-0.3, -0.25) is 4.79 Å². The number of nitrogens with one attached hydrogen (secondary N) is 2. The molecular formula is C18H14F5N5O3. The second kappa shape index (κ2) is 9.36. The Labute approximate surface area is 171 Å². The minimum absolute atomic E-state index is 0.0340. The van der Waals surface area contributed by atoms with Gasteiger partial charge in [-0.1, -0.05) is 23.4 Å². The first-order valence-electron chi connectivity index (χ1n) is 8.62. The Morgan fingerprint density at radius 3 is 2.39 bits per heavy atom. The lowest BCUT2D eigenvalue weighted by molar-refractivity contribution is -0.153. The van der Waals surface area contributed by atoms with Crippen molar-refractivity contribution in [3.63, 3.8) is 0 Å². The third-order valence-electron chi connectivity index (χ3n) is 3.80. The smallest absolute Gasteiger partial charge is 0.422 e. The average Bonchev–Trinajstić information content (AvgIpc) is 3.25. The maximum atomic E-state index is 13.6. The highest BCUT2D eigenvalue weighted by Gasteiger charge is 2.29. The molecular weight excluding hydrogens is 429 g/mol. The maximum absolute atomic E-state index is 13.6. The van der Waals surface area contributed by atoms with E-state index in [0.29, 0.717) is 0 Å².